The molecule has 0 bridgehead atoms. The van der Waals surface area contributed by atoms with Crippen molar-refractivity contribution in [3.63, 3.8) is 0 Å². The molecular weight excluding hydrogens is 222 g/mol. The molecule has 0 heterocycles. The minimum Gasteiger partial charge on any atom is -0.387 e. The van der Waals surface area contributed by atoms with Crippen LogP contribution in [-0.4, -0.2) is 11.7 Å². The first-order valence-electron chi connectivity index (χ1n) is 7.00. The minimum atomic E-state index is -0.522. The van der Waals surface area contributed by atoms with Gasteiger partial charge in [0.05, 0.1) is 6.10 Å². The standard InChI is InChI=1S/C16H25NO/c1-16(2)9-5-6-12(10-16)13-7-3-4-8-14(13)15(18)11-17/h3-4,7-8,12,15,18H,5-6,9-11,17H2,1-2H3. The number of benzene rings is 1. The lowest BCUT2D eigenvalue weighted by Crippen LogP contribution is -2.23. The van der Waals surface area contributed by atoms with E-state index in [-0.39, 0.29) is 0 Å². The van der Waals surface area contributed by atoms with E-state index in [1.165, 1.54) is 31.2 Å². The van der Waals surface area contributed by atoms with Gasteiger partial charge < -0.3 is 10.8 Å². The van der Waals surface area contributed by atoms with Gasteiger partial charge in [0, 0.05) is 6.54 Å². The fraction of sp³-hybridized carbons (Fsp3) is 0.625. The first-order valence-corrected chi connectivity index (χ1v) is 7.00. The summed E-state index contributed by atoms with van der Waals surface area (Å²) in [5.74, 6) is 0.575. The Morgan fingerprint density at radius 1 is 1.39 bits per heavy atom. The van der Waals surface area contributed by atoms with Crippen LogP contribution in [0.25, 0.3) is 0 Å². The maximum absolute atomic E-state index is 10.0. The Labute approximate surface area is 110 Å². The van der Waals surface area contributed by atoms with Crippen LogP contribution in [0.15, 0.2) is 24.3 Å². The average molecular weight is 247 g/mol. The minimum absolute atomic E-state index is 0.299. The zero-order chi connectivity index (χ0) is 13.2. The van der Waals surface area contributed by atoms with Crippen LogP contribution in [0.1, 0.15) is 62.7 Å². The molecule has 0 aliphatic heterocycles. The summed E-state index contributed by atoms with van der Waals surface area (Å²) in [5, 5.41) is 10.0. The molecule has 2 nitrogen and oxygen atoms in total. The number of rotatable bonds is 3. The lowest BCUT2D eigenvalue weighted by atomic mass is 9.69. The number of hydrogen-bond acceptors (Lipinski definition) is 2. The molecule has 1 aromatic rings. The third kappa shape index (κ3) is 2.93. The molecule has 1 aliphatic rings. The van der Waals surface area contributed by atoms with Gasteiger partial charge in [-0.15, -0.1) is 0 Å². The number of aliphatic hydroxyl groups excluding tert-OH is 1. The first-order chi connectivity index (χ1) is 8.53. The van der Waals surface area contributed by atoms with Crippen molar-refractivity contribution in [1.82, 2.24) is 0 Å². The fourth-order valence-corrected chi connectivity index (χ4v) is 3.28. The van der Waals surface area contributed by atoms with Crippen LogP contribution >= 0.6 is 0 Å². The molecule has 0 amide bonds. The summed E-state index contributed by atoms with van der Waals surface area (Å²) in [7, 11) is 0. The Morgan fingerprint density at radius 2 is 2.11 bits per heavy atom. The van der Waals surface area contributed by atoms with Crippen LogP contribution in [0, 0.1) is 5.41 Å². The van der Waals surface area contributed by atoms with Crippen LogP contribution in [-0.2, 0) is 0 Å². The second-order valence-corrected chi connectivity index (χ2v) is 6.34. The average Bonchev–Trinajstić information content (AvgIpc) is 2.36. The van der Waals surface area contributed by atoms with Crippen molar-refractivity contribution in [2.75, 3.05) is 6.54 Å². The molecule has 0 radical (unpaired) electrons. The highest BCUT2D eigenvalue weighted by Crippen LogP contribution is 2.44. The molecule has 3 N–H and O–H groups in total. The lowest BCUT2D eigenvalue weighted by molar-refractivity contribution is 0.180. The van der Waals surface area contributed by atoms with E-state index in [0.717, 1.165) is 5.56 Å². The van der Waals surface area contributed by atoms with E-state index in [9.17, 15) is 5.11 Å². The summed E-state index contributed by atoms with van der Waals surface area (Å²) >= 11 is 0. The van der Waals surface area contributed by atoms with Crippen molar-refractivity contribution in [2.45, 2.75) is 51.6 Å². The summed E-state index contributed by atoms with van der Waals surface area (Å²) in [4.78, 5) is 0. The van der Waals surface area contributed by atoms with Crippen molar-refractivity contribution in [3.8, 4) is 0 Å². The zero-order valence-electron chi connectivity index (χ0n) is 11.5. The van der Waals surface area contributed by atoms with Gasteiger partial charge >= 0.3 is 0 Å². The van der Waals surface area contributed by atoms with E-state index in [1.807, 2.05) is 12.1 Å². The molecule has 18 heavy (non-hydrogen) atoms. The largest absolute Gasteiger partial charge is 0.387 e. The van der Waals surface area contributed by atoms with Crippen molar-refractivity contribution >= 4 is 0 Å². The van der Waals surface area contributed by atoms with E-state index in [2.05, 4.69) is 26.0 Å². The Bertz CT molecular complexity index is 400. The van der Waals surface area contributed by atoms with Crippen LogP contribution in [0.3, 0.4) is 0 Å². The van der Waals surface area contributed by atoms with Crippen LogP contribution in [0.2, 0.25) is 0 Å². The number of aliphatic hydroxyl groups is 1. The molecule has 1 fully saturated rings. The molecule has 0 saturated heterocycles. The smallest absolute Gasteiger partial charge is 0.0914 e. The lowest BCUT2D eigenvalue weighted by Gasteiger charge is -2.36. The molecule has 1 aliphatic carbocycles. The number of nitrogens with two attached hydrogens (primary N) is 1. The molecule has 1 saturated carbocycles. The summed E-state index contributed by atoms with van der Waals surface area (Å²) in [5.41, 5.74) is 8.36. The highest BCUT2D eigenvalue weighted by Gasteiger charge is 2.30. The molecule has 0 spiro atoms. The Hall–Kier alpha value is -0.860. The Morgan fingerprint density at radius 3 is 2.78 bits per heavy atom. The third-order valence-corrected chi connectivity index (χ3v) is 4.22. The Balaban J connectivity index is 2.27. The van der Waals surface area contributed by atoms with E-state index in [4.69, 9.17) is 5.73 Å². The molecule has 2 rings (SSSR count). The van der Waals surface area contributed by atoms with Gasteiger partial charge in [-0.25, -0.2) is 0 Å². The van der Waals surface area contributed by atoms with Crippen LogP contribution < -0.4 is 5.73 Å². The normalized spacial score (nSPS) is 24.8. The molecule has 2 atom stereocenters. The molecular formula is C16H25NO. The van der Waals surface area contributed by atoms with E-state index in [0.29, 0.717) is 17.9 Å². The second-order valence-electron chi connectivity index (χ2n) is 6.34. The maximum atomic E-state index is 10.0. The third-order valence-electron chi connectivity index (χ3n) is 4.22. The summed E-state index contributed by atoms with van der Waals surface area (Å²) in [6.45, 7) is 5.00. The quantitative estimate of drug-likeness (QED) is 0.860. The van der Waals surface area contributed by atoms with E-state index < -0.39 is 6.10 Å². The van der Waals surface area contributed by atoms with Gasteiger partial charge in [0.25, 0.3) is 0 Å². The van der Waals surface area contributed by atoms with Crippen molar-refractivity contribution in [3.05, 3.63) is 35.4 Å². The monoisotopic (exact) mass is 247 g/mol. The second kappa shape index (κ2) is 5.41. The highest BCUT2D eigenvalue weighted by atomic mass is 16.3. The van der Waals surface area contributed by atoms with Gasteiger partial charge in [-0.3, -0.25) is 0 Å². The van der Waals surface area contributed by atoms with Gasteiger partial charge in [0.1, 0.15) is 0 Å². The highest BCUT2D eigenvalue weighted by molar-refractivity contribution is 5.33. The molecule has 2 unspecified atom stereocenters. The maximum Gasteiger partial charge on any atom is 0.0914 e. The zero-order valence-corrected chi connectivity index (χ0v) is 11.5. The topological polar surface area (TPSA) is 46.2 Å². The van der Waals surface area contributed by atoms with Crippen molar-refractivity contribution in [1.29, 1.82) is 0 Å². The van der Waals surface area contributed by atoms with Gasteiger partial charge in [-0.1, -0.05) is 44.5 Å². The molecule has 0 aromatic heterocycles. The van der Waals surface area contributed by atoms with Gasteiger partial charge in [-0.2, -0.15) is 0 Å². The van der Waals surface area contributed by atoms with E-state index >= 15 is 0 Å². The molecule has 1 aromatic carbocycles. The van der Waals surface area contributed by atoms with E-state index in [1.54, 1.807) is 0 Å². The van der Waals surface area contributed by atoms with Gasteiger partial charge in [0.15, 0.2) is 0 Å². The van der Waals surface area contributed by atoms with Crippen LogP contribution in [0.4, 0.5) is 0 Å². The van der Waals surface area contributed by atoms with Gasteiger partial charge in [-0.05, 0) is 41.7 Å². The SMILES string of the molecule is CC1(C)CCCC(c2ccccc2C(O)CN)C1. The molecule has 100 valence electrons. The summed E-state index contributed by atoms with van der Waals surface area (Å²) in [6, 6.07) is 8.25. The predicted octanol–water partition coefficient (Wildman–Crippen LogP) is 3.36. The van der Waals surface area contributed by atoms with Crippen LogP contribution in [0.5, 0.6) is 0 Å². The predicted molar refractivity (Wildman–Crippen MR) is 75.4 cm³/mol. The Kier molecular flexibility index (Phi) is 4.08. The summed E-state index contributed by atoms with van der Waals surface area (Å²) in [6.07, 6.45) is 4.51. The van der Waals surface area contributed by atoms with Gasteiger partial charge in [0.2, 0.25) is 0 Å². The first kappa shape index (κ1) is 13.6. The fourth-order valence-electron chi connectivity index (χ4n) is 3.28. The number of hydrogen-bond donors (Lipinski definition) is 2. The van der Waals surface area contributed by atoms with Crippen molar-refractivity contribution < 1.29 is 5.11 Å². The summed E-state index contributed by atoms with van der Waals surface area (Å²) < 4.78 is 0. The van der Waals surface area contributed by atoms with Crippen molar-refractivity contribution in [2.24, 2.45) is 11.1 Å². The molecule has 2 heteroatoms.